The minimum Gasteiger partial charge on any atom is -0.368 e. The number of aromatic nitrogens is 2. The number of ether oxygens (including phenoxy) is 1. The quantitative estimate of drug-likeness (QED) is 0.730. The number of para-hydroxylation sites is 2. The maximum atomic E-state index is 12.1. The van der Waals surface area contributed by atoms with Gasteiger partial charge in [-0.05, 0) is 25.0 Å². The summed E-state index contributed by atoms with van der Waals surface area (Å²) in [6.45, 7) is 0.684. The highest BCUT2D eigenvalue weighted by Crippen LogP contribution is 2.18. The monoisotopic (exact) mass is 216 g/mol. The Labute approximate surface area is 92.8 Å². The Morgan fingerprint density at radius 1 is 1.44 bits per heavy atom. The van der Waals surface area contributed by atoms with Gasteiger partial charge >= 0.3 is 0 Å². The highest BCUT2D eigenvalue weighted by molar-refractivity contribution is 5.92. The van der Waals surface area contributed by atoms with E-state index in [0.29, 0.717) is 6.61 Å². The van der Waals surface area contributed by atoms with Crippen LogP contribution in [0.4, 0.5) is 0 Å². The van der Waals surface area contributed by atoms with Crippen LogP contribution in [0.25, 0.3) is 11.0 Å². The zero-order valence-electron chi connectivity index (χ0n) is 8.80. The van der Waals surface area contributed by atoms with Crippen LogP contribution in [0, 0.1) is 0 Å². The fourth-order valence-electron chi connectivity index (χ4n) is 2.06. The van der Waals surface area contributed by atoms with Crippen LogP contribution in [0.15, 0.2) is 30.6 Å². The summed E-state index contributed by atoms with van der Waals surface area (Å²) in [5.41, 5.74) is 1.69. The number of nitrogens with zero attached hydrogens (tertiary/aromatic N) is 2. The number of hydrogen-bond donors (Lipinski definition) is 0. The smallest absolute Gasteiger partial charge is 0.261 e. The van der Waals surface area contributed by atoms with E-state index in [0.717, 1.165) is 23.9 Å². The van der Waals surface area contributed by atoms with Crippen molar-refractivity contribution in [3.63, 3.8) is 0 Å². The highest BCUT2D eigenvalue weighted by Gasteiger charge is 2.25. The second-order valence-corrected chi connectivity index (χ2v) is 3.94. The zero-order chi connectivity index (χ0) is 11.0. The van der Waals surface area contributed by atoms with Gasteiger partial charge in [-0.15, -0.1) is 0 Å². The van der Waals surface area contributed by atoms with Crippen LogP contribution in [-0.2, 0) is 4.74 Å². The molecule has 4 heteroatoms. The largest absolute Gasteiger partial charge is 0.368 e. The lowest BCUT2D eigenvalue weighted by Gasteiger charge is -2.08. The number of carbonyl (C=O) groups is 1. The van der Waals surface area contributed by atoms with Crippen LogP contribution in [0.1, 0.15) is 17.6 Å². The van der Waals surface area contributed by atoms with E-state index in [4.69, 9.17) is 4.74 Å². The summed E-state index contributed by atoms with van der Waals surface area (Å²) >= 11 is 0. The summed E-state index contributed by atoms with van der Waals surface area (Å²) in [7, 11) is 0. The lowest BCUT2D eigenvalue weighted by molar-refractivity contribution is 0.0559. The Balaban J connectivity index is 2.02. The molecule has 0 bridgehead atoms. The molecule has 1 atom stereocenters. The van der Waals surface area contributed by atoms with Gasteiger partial charge in [0.2, 0.25) is 0 Å². The predicted octanol–water partition coefficient (Wildman–Crippen LogP) is 1.86. The first-order valence-corrected chi connectivity index (χ1v) is 5.44. The molecule has 1 aliphatic heterocycles. The van der Waals surface area contributed by atoms with E-state index in [-0.39, 0.29) is 12.0 Å². The number of carbonyl (C=O) groups excluding carboxylic acids is 1. The van der Waals surface area contributed by atoms with Crippen molar-refractivity contribution in [2.75, 3.05) is 6.61 Å². The standard InChI is InChI=1S/C12H12N2O2/c15-12(11-6-3-7-16-11)14-8-13-9-4-1-2-5-10(9)14/h1-2,4-5,8,11H,3,6-7H2. The third-order valence-electron chi connectivity index (χ3n) is 2.90. The van der Waals surface area contributed by atoms with Gasteiger partial charge in [0.25, 0.3) is 5.91 Å². The van der Waals surface area contributed by atoms with Crippen molar-refractivity contribution in [3.8, 4) is 0 Å². The number of rotatable bonds is 1. The molecular weight excluding hydrogens is 204 g/mol. The van der Waals surface area contributed by atoms with Gasteiger partial charge in [0.15, 0.2) is 0 Å². The van der Waals surface area contributed by atoms with E-state index >= 15 is 0 Å². The average molecular weight is 216 g/mol. The van der Waals surface area contributed by atoms with Gasteiger partial charge in [-0.1, -0.05) is 12.1 Å². The fraction of sp³-hybridized carbons (Fsp3) is 0.333. The highest BCUT2D eigenvalue weighted by atomic mass is 16.5. The zero-order valence-corrected chi connectivity index (χ0v) is 8.80. The lowest BCUT2D eigenvalue weighted by Crippen LogP contribution is -2.25. The van der Waals surface area contributed by atoms with E-state index in [2.05, 4.69) is 4.98 Å². The Morgan fingerprint density at radius 3 is 3.12 bits per heavy atom. The Hall–Kier alpha value is -1.68. The molecule has 4 nitrogen and oxygen atoms in total. The first-order valence-electron chi connectivity index (χ1n) is 5.44. The Kier molecular flexibility index (Phi) is 2.22. The molecule has 1 aromatic carbocycles. The summed E-state index contributed by atoms with van der Waals surface area (Å²) in [5, 5.41) is 0. The topological polar surface area (TPSA) is 44.1 Å². The Bertz CT molecular complexity index is 527. The van der Waals surface area contributed by atoms with Crippen molar-refractivity contribution >= 4 is 16.9 Å². The molecule has 0 amide bonds. The van der Waals surface area contributed by atoms with Crippen molar-refractivity contribution in [2.45, 2.75) is 18.9 Å². The maximum Gasteiger partial charge on any atom is 0.261 e. The molecule has 16 heavy (non-hydrogen) atoms. The summed E-state index contributed by atoms with van der Waals surface area (Å²) in [4.78, 5) is 16.3. The molecule has 1 fully saturated rings. The van der Waals surface area contributed by atoms with Gasteiger partial charge in [-0.2, -0.15) is 0 Å². The third kappa shape index (κ3) is 1.42. The molecule has 2 heterocycles. The second-order valence-electron chi connectivity index (χ2n) is 3.94. The van der Waals surface area contributed by atoms with Crippen molar-refractivity contribution in [3.05, 3.63) is 30.6 Å². The molecule has 1 aromatic heterocycles. The first-order chi connectivity index (χ1) is 7.86. The molecule has 0 N–H and O–H groups in total. The van der Waals surface area contributed by atoms with E-state index in [1.165, 1.54) is 0 Å². The maximum absolute atomic E-state index is 12.1. The molecule has 0 spiro atoms. The molecule has 3 rings (SSSR count). The molecule has 1 unspecified atom stereocenters. The van der Waals surface area contributed by atoms with Crippen molar-refractivity contribution in [1.82, 2.24) is 9.55 Å². The Morgan fingerprint density at radius 2 is 2.31 bits per heavy atom. The van der Waals surface area contributed by atoms with E-state index in [1.54, 1.807) is 10.9 Å². The average Bonchev–Trinajstić information content (AvgIpc) is 2.98. The third-order valence-corrected chi connectivity index (χ3v) is 2.90. The second kappa shape index (κ2) is 3.72. The molecule has 0 saturated carbocycles. The number of fused-ring (bicyclic) bond motifs is 1. The van der Waals surface area contributed by atoms with Gasteiger partial charge in [0.05, 0.1) is 11.0 Å². The number of imidazole rings is 1. The van der Waals surface area contributed by atoms with Crippen molar-refractivity contribution in [2.24, 2.45) is 0 Å². The molecule has 82 valence electrons. The van der Waals surface area contributed by atoms with Gasteiger partial charge < -0.3 is 4.74 Å². The molecule has 1 aliphatic rings. The normalized spacial score (nSPS) is 20.4. The summed E-state index contributed by atoms with van der Waals surface area (Å²) in [6.07, 6.45) is 3.06. The predicted molar refractivity (Wildman–Crippen MR) is 59.3 cm³/mol. The molecule has 1 saturated heterocycles. The molecule has 2 aromatic rings. The van der Waals surface area contributed by atoms with Crippen molar-refractivity contribution < 1.29 is 9.53 Å². The fourth-order valence-corrected chi connectivity index (χ4v) is 2.06. The first kappa shape index (κ1) is 9.54. The van der Waals surface area contributed by atoms with Gasteiger partial charge in [-0.25, -0.2) is 4.98 Å². The molecular formula is C12H12N2O2. The summed E-state index contributed by atoms with van der Waals surface area (Å²) in [5.74, 6) is -0.00815. The van der Waals surface area contributed by atoms with Crippen LogP contribution in [-0.4, -0.2) is 28.2 Å². The molecule has 0 radical (unpaired) electrons. The SMILES string of the molecule is O=C(C1CCCO1)n1cnc2ccccc21. The minimum atomic E-state index is -0.294. The van der Waals surface area contributed by atoms with Crippen LogP contribution >= 0.6 is 0 Å². The summed E-state index contributed by atoms with van der Waals surface area (Å²) in [6, 6.07) is 7.61. The summed E-state index contributed by atoms with van der Waals surface area (Å²) < 4.78 is 6.98. The van der Waals surface area contributed by atoms with Crippen LogP contribution in [0.3, 0.4) is 0 Å². The van der Waals surface area contributed by atoms with Crippen LogP contribution < -0.4 is 0 Å². The van der Waals surface area contributed by atoms with Crippen LogP contribution in [0.5, 0.6) is 0 Å². The van der Waals surface area contributed by atoms with Crippen molar-refractivity contribution in [1.29, 1.82) is 0 Å². The number of benzene rings is 1. The minimum absolute atomic E-state index is 0.00815. The van der Waals surface area contributed by atoms with E-state index in [1.807, 2.05) is 24.3 Å². The van der Waals surface area contributed by atoms with E-state index in [9.17, 15) is 4.79 Å². The van der Waals surface area contributed by atoms with Gasteiger partial charge in [0, 0.05) is 6.61 Å². The van der Waals surface area contributed by atoms with Gasteiger partial charge in [0.1, 0.15) is 12.4 Å². The number of hydrogen-bond acceptors (Lipinski definition) is 3. The van der Waals surface area contributed by atoms with E-state index < -0.39 is 0 Å². The van der Waals surface area contributed by atoms with Gasteiger partial charge in [-0.3, -0.25) is 9.36 Å². The van der Waals surface area contributed by atoms with Crippen LogP contribution in [0.2, 0.25) is 0 Å². The lowest BCUT2D eigenvalue weighted by atomic mass is 10.2. The molecule has 0 aliphatic carbocycles.